The fourth-order valence-electron chi connectivity index (χ4n) is 12.8. The number of ketones is 1. The molecule has 0 aromatic heterocycles. The number of aliphatic hydroxyl groups is 1. The number of aliphatic hydroxyl groups excluding tert-OH is 1. The van der Waals surface area contributed by atoms with Gasteiger partial charge < -0.3 is 31.7 Å². The van der Waals surface area contributed by atoms with Gasteiger partial charge >= 0.3 is 0 Å². The highest BCUT2D eigenvalue weighted by molar-refractivity contribution is 7.89. The van der Waals surface area contributed by atoms with Gasteiger partial charge in [-0.2, -0.15) is 0 Å². The lowest BCUT2D eigenvalue weighted by atomic mass is 9.79. The van der Waals surface area contributed by atoms with Crippen LogP contribution >= 0.6 is 0 Å². The van der Waals surface area contributed by atoms with Crippen LogP contribution in [0.3, 0.4) is 0 Å². The number of benzene rings is 8. The van der Waals surface area contributed by atoms with E-state index in [4.69, 9.17) is 4.99 Å². The summed E-state index contributed by atoms with van der Waals surface area (Å²) in [7, 11) is -8.07. The number of hydrogen-bond acceptors (Lipinski definition) is 12. The van der Waals surface area contributed by atoms with Gasteiger partial charge in [-0.1, -0.05) is 113 Å². The van der Waals surface area contributed by atoms with Crippen molar-refractivity contribution in [3.63, 3.8) is 0 Å². The maximum Gasteiger partial charge on any atom is 0.240 e. The summed E-state index contributed by atoms with van der Waals surface area (Å²) in [5, 5.41) is 36.2. The molecule has 16 heteroatoms. The van der Waals surface area contributed by atoms with Crippen LogP contribution in [0.1, 0.15) is 120 Å². The molecule has 4 unspecified atom stereocenters. The molecule has 0 saturated carbocycles. The van der Waals surface area contributed by atoms with Gasteiger partial charge in [0.1, 0.15) is 5.76 Å². The molecule has 3 aliphatic carbocycles. The second-order valence-electron chi connectivity index (χ2n) is 23.5. The summed E-state index contributed by atoms with van der Waals surface area (Å²) in [5.74, 6) is -0.570. The van der Waals surface area contributed by atoms with Crippen LogP contribution in [-0.4, -0.2) is 51.9 Å². The summed E-state index contributed by atoms with van der Waals surface area (Å²) < 4.78 is 62.2. The number of nitrogens with zero attached hydrogens (tertiary/aromatic N) is 1. The first-order valence-corrected chi connectivity index (χ1v) is 32.4. The van der Waals surface area contributed by atoms with Crippen LogP contribution in [0.2, 0.25) is 0 Å². The Morgan fingerprint density at radius 3 is 1.51 bits per heavy atom. The van der Waals surface area contributed by atoms with Gasteiger partial charge in [0, 0.05) is 92.4 Å². The van der Waals surface area contributed by atoms with E-state index in [1.54, 1.807) is 36.4 Å². The lowest BCUT2D eigenvalue weighted by molar-refractivity contribution is -0.109. The SMILES string of the molecule is CCC(C)NCc1ccc2c(c1)C1(N=c3c(=C4C(=O)C(c5ccc6cccc7c6c5NC5(N7)c6cc(S(=O)(=O)NC(C)CC)ccc6-c6ccc(S(=O)(=O)NC(C)CC)cc65)=C4O)ccc4cccc(c34)N1)c1cc(CNC(C)CC)ccc1-2. The smallest absolute Gasteiger partial charge is 0.240 e. The second kappa shape index (κ2) is 20.5. The molecule has 430 valence electrons. The predicted octanol–water partition coefficient (Wildman–Crippen LogP) is 11.3. The summed E-state index contributed by atoms with van der Waals surface area (Å²) >= 11 is 0. The van der Waals surface area contributed by atoms with E-state index in [1.165, 1.54) is 0 Å². The van der Waals surface area contributed by atoms with E-state index in [2.05, 4.69) is 106 Å². The van der Waals surface area contributed by atoms with Crippen LogP contribution in [0, 0.1) is 0 Å². The molecule has 0 amide bonds. The molecular weight excluding hydrogens is 1090 g/mol. The zero-order chi connectivity index (χ0) is 58.8. The number of rotatable bonds is 17. The average Bonchev–Trinajstić information content (AvgIpc) is 1.43. The Bertz CT molecular complexity index is 4380. The zero-order valence-electron chi connectivity index (χ0n) is 48.5. The Labute approximate surface area is 491 Å². The molecule has 2 spiro atoms. The first kappa shape index (κ1) is 55.5. The lowest BCUT2D eigenvalue weighted by Crippen LogP contribution is -2.46. The van der Waals surface area contributed by atoms with Crippen molar-refractivity contribution in [2.45, 2.75) is 139 Å². The average molecular weight is 1160 g/mol. The van der Waals surface area contributed by atoms with Gasteiger partial charge in [-0.05, 0) is 146 Å². The lowest BCUT2D eigenvalue weighted by Gasteiger charge is -2.42. The molecule has 8 N–H and O–H groups in total. The summed E-state index contributed by atoms with van der Waals surface area (Å²) in [4.78, 5) is 21.5. The minimum Gasteiger partial charge on any atom is -0.506 e. The Morgan fingerprint density at radius 2 is 0.988 bits per heavy atom. The van der Waals surface area contributed by atoms with E-state index >= 15 is 4.79 Å². The van der Waals surface area contributed by atoms with Crippen LogP contribution in [0.25, 0.3) is 54.9 Å². The van der Waals surface area contributed by atoms with Gasteiger partial charge in [-0.15, -0.1) is 0 Å². The van der Waals surface area contributed by atoms with Crippen molar-refractivity contribution < 1.29 is 26.7 Å². The molecule has 2 heterocycles. The summed E-state index contributed by atoms with van der Waals surface area (Å²) in [5.41, 5.74) is 8.84. The highest BCUT2D eigenvalue weighted by Gasteiger charge is 2.50. The number of anilines is 3. The van der Waals surface area contributed by atoms with Gasteiger partial charge in [-0.3, -0.25) is 4.79 Å². The highest BCUT2D eigenvalue weighted by atomic mass is 32.2. The van der Waals surface area contributed by atoms with Crippen molar-refractivity contribution in [2.24, 2.45) is 4.99 Å². The van der Waals surface area contributed by atoms with Gasteiger partial charge in [0.15, 0.2) is 11.3 Å². The normalized spacial score (nSPS) is 20.1. The van der Waals surface area contributed by atoms with E-state index < -0.39 is 31.4 Å². The quantitative estimate of drug-likeness (QED) is 0.0431. The monoisotopic (exact) mass is 1160 g/mol. The maximum absolute atomic E-state index is 15.6. The van der Waals surface area contributed by atoms with Crippen molar-refractivity contribution in [1.82, 2.24) is 20.1 Å². The molecule has 8 aromatic rings. The molecule has 13 rings (SSSR count). The van der Waals surface area contributed by atoms with E-state index in [1.807, 2.05) is 82.3 Å². The molecule has 0 fully saturated rings. The summed E-state index contributed by atoms with van der Waals surface area (Å²) in [6.45, 7) is 17.5. The van der Waals surface area contributed by atoms with Crippen LogP contribution < -0.4 is 46.6 Å². The van der Waals surface area contributed by atoms with Crippen molar-refractivity contribution in [3.05, 3.63) is 189 Å². The van der Waals surface area contributed by atoms with Crippen molar-refractivity contribution in [3.8, 4) is 22.3 Å². The van der Waals surface area contributed by atoms with E-state index in [0.29, 0.717) is 87.8 Å². The third-order valence-corrected chi connectivity index (χ3v) is 21.3. The number of sulfonamides is 2. The van der Waals surface area contributed by atoms with Crippen LogP contribution in [0.15, 0.2) is 154 Å². The van der Waals surface area contributed by atoms with Gasteiger partial charge in [-0.25, -0.2) is 31.3 Å². The molecule has 0 radical (unpaired) electrons. The highest BCUT2D eigenvalue weighted by Crippen LogP contribution is 2.57. The minimum atomic E-state index is -4.04. The Kier molecular flexibility index (Phi) is 13.6. The van der Waals surface area contributed by atoms with Crippen LogP contribution in [-0.2, 0) is 49.3 Å². The van der Waals surface area contributed by atoms with Gasteiger partial charge in [0.05, 0.1) is 32.0 Å². The topological polar surface area (TPSA) is 202 Å². The molecular formula is C68H70N8O6S2. The fourth-order valence-corrected chi connectivity index (χ4v) is 15.5. The molecule has 14 nitrogen and oxygen atoms in total. The van der Waals surface area contributed by atoms with Crippen molar-refractivity contribution in [1.29, 1.82) is 0 Å². The predicted molar refractivity (Wildman–Crippen MR) is 336 cm³/mol. The zero-order valence-corrected chi connectivity index (χ0v) is 50.1. The van der Waals surface area contributed by atoms with E-state index in [0.717, 1.165) is 73.5 Å². The molecule has 2 aliphatic heterocycles. The Balaban J connectivity index is 1.01. The van der Waals surface area contributed by atoms with Crippen molar-refractivity contribution >= 4 is 75.6 Å². The first-order valence-electron chi connectivity index (χ1n) is 29.5. The standard InChI is InChI=1S/C68H70N8O6S2/c1-9-37(5)69-35-41-19-25-47-48-26-20-42(36-70-38(6)10-2)32-54(48)67(53(47)31-41)71-57-17-13-15-43-21-27-51(63(73-67)59(43)57)61-65(77)62(66(61)78)52-28-22-44-16-14-18-58-60(44)64(52)74-68(72-58)55-33-45(83(79,80)75-39(7)11-3)23-29-49(55)50-30-24-46(34-56(50)68)84(81,82)76-40(8)12-4/h13-34,37-40,69-72,74-77H,9-12,35-36H2,1-8H3. The second-order valence-corrected chi connectivity index (χ2v) is 27.0. The number of carbonyl (C=O) groups is 1. The number of carbonyl (C=O) groups excluding carboxylic acids is 1. The largest absolute Gasteiger partial charge is 0.506 e. The number of nitrogens with one attached hydrogen (secondary N) is 7. The molecule has 4 atom stereocenters. The third kappa shape index (κ3) is 8.69. The Hall–Kier alpha value is -7.70. The third-order valence-electron chi connectivity index (χ3n) is 18.2. The molecule has 0 bridgehead atoms. The molecule has 84 heavy (non-hydrogen) atoms. The van der Waals surface area contributed by atoms with Gasteiger partial charge in [0.2, 0.25) is 25.8 Å². The number of allylic oxidation sites excluding steroid dienone is 2. The van der Waals surface area contributed by atoms with Crippen LogP contribution in [0.4, 0.5) is 17.1 Å². The summed E-state index contributed by atoms with van der Waals surface area (Å²) in [6.07, 6.45) is 3.13. The van der Waals surface area contributed by atoms with Crippen LogP contribution in [0.5, 0.6) is 0 Å². The number of fused-ring (bicyclic) bond motifs is 10. The van der Waals surface area contributed by atoms with E-state index in [-0.39, 0.29) is 44.6 Å². The summed E-state index contributed by atoms with van der Waals surface area (Å²) in [6, 6.07) is 42.7. The van der Waals surface area contributed by atoms with Gasteiger partial charge in [0.25, 0.3) is 0 Å². The number of Topliss-reactive ketones (excluding diaryl/α,β-unsaturated/α-hetero) is 1. The number of hydrogen-bond donors (Lipinski definition) is 8. The molecule has 8 aromatic carbocycles. The fraction of sp³-hybridized carbons (Fsp3) is 0.294. The van der Waals surface area contributed by atoms with Crippen molar-refractivity contribution in [2.75, 3.05) is 16.0 Å². The maximum atomic E-state index is 15.6. The minimum absolute atomic E-state index is 0.0299. The first-order chi connectivity index (χ1) is 40.3. The molecule has 5 aliphatic rings. The Morgan fingerprint density at radius 1 is 0.512 bits per heavy atom. The molecule has 0 saturated heterocycles. The van der Waals surface area contributed by atoms with E-state index in [9.17, 15) is 21.9 Å².